The fraction of sp³-hybridized carbons (Fsp3) is 0.652. The molecule has 0 unspecified atom stereocenters. The number of carbonyl (C=O) groups is 2. The molecule has 4 N–H and O–H groups in total. The molecule has 0 aliphatic carbocycles. The summed E-state index contributed by atoms with van der Waals surface area (Å²) in [6.07, 6.45) is 4.34. The molecule has 2 aliphatic heterocycles. The largest absolute Gasteiger partial charge is 0.378 e. The van der Waals surface area contributed by atoms with Gasteiger partial charge in [0, 0.05) is 37.7 Å². The van der Waals surface area contributed by atoms with Gasteiger partial charge < -0.3 is 30.7 Å². The number of ether oxygens (including phenoxy) is 2. The molecule has 0 saturated carbocycles. The third-order valence-corrected chi connectivity index (χ3v) is 6.03. The smallest absolute Gasteiger partial charge is 0.319 e. The Morgan fingerprint density at radius 2 is 1.45 bits per heavy atom. The highest BCUT2D eigenvalue weighted by Gasteiger charge is 2.21. The Bertz CT molecular complexity index is 757. The Kier molecular flexibility index (Phi) is 8.54. The lowest BCUT2D eigenvalue weighted by molar-refractivity contribution is 0.00339. The van der Waals surface area contributed by atoms with E-state index in [0.717, 1.165) is 44.5 Å². The molecule has 0 spiro atoms. The van der Waals surface area contributed by atoms with Gasteiger partial charge in [0.1, 0.15) is 0 Å². The number of urea groups is 2. The number of amides is 4. The van der Waals surface area contributed by atoms with Crippen molar-refractivity contribution in [1.82, 2.24) is 10.6 Å². The zero-order chi connectivity index (χ0) is 22.2. The van der Waals surface area contributed by atoms with Crippen LogP contribution in [0.1, 0.15) is 45.1 Å². The maximum Gasteiger partial charge on any atom is 0.319 e. The fourth-order valence-electron chi connectivity index (χ4n) is 4.20. The summed E-state index contributed by atoms with van der Waals surface area (Å²) in [5.41, 5.74) is 2.24. The zero-order valence-corrected chi connectivity index (χ0v) is 18.8. The van der Waals surface area contributed by atoms with Crippen LogP contribution in [0.4, 0.5) is 21.0 Å². The van der Waals surface area contributed by atoms with Gasteiger partial charge in [-0.1, -0.05) is 6.07 Å². The van der Waals surface area contributed by atoms with Gasteiger partial charge >= 0.3 is 12.1 Å². The molecule has 31 heavy (non-hydrogen) atoms. The van der Waals surface area contributed by atoms with Crippen LogP contribution in [0.2, 0.25) is 0 Å². The molecule has 8 nitrogen and oxygen atoms in total. The number of aryl methyl sites for hydroxylation is 1. The molecule has 0 radical (unpaired) electrons. The first kappa shape index (κ1) is 23.3. The molecule has 172 valence electrons. The predicted molar refractivity (Wildman–Crippen MR) is 121 cm³/mol. The van der Waals surface area contributed by atoms with Crippen molar-refractivity contribution < 1.29 is 19.1 Å². The first-order valence-electron chi connectivity index (χ1n) is 11.3. The second kappa shape index (κ2) is 11.3. The molecular weight excluding hydrogens is 396 g/mol. The average molecular weight is 433 g/mol. The van der Waals surface area contributed by atoms with Crippen molar-refractivity contribution in [1.29, 1.82) is 0 Å². The predicted octanol–water partition coefficient (Wildman–Crippen LogP) is 3.87. The van der Waals surface area contributed by atoms with E-state index in [1.54, 1.807) is 6.07 Å². The Morgan fingerprint density at radius 3 is 2.00 bits per heavy atom. The van der Waals surface area contributed by atoms with Crippen LogP contribution in [0.25, 0.3) is 0 Å². The zero-order valence-electron chi connectivity index (χ0n) is 18.8. The van der Waals surface area contributed by atoms with E-state index in [9.17, 15) is 9.59 Å². The SMILES string of the molecule is Cc1ccc(NC(=O)NC[C@@H]2CCO[C@H](C)C2)cc1NC(=O)NC[C@@H]1CCO[C@@H](C)C1. The van der Waals surface area contributed by atoms with Crippen molar-refractivity contribution in [2.75, 3.05) is 36.9 Å². The highest BCUT2D eigenvalue weighted by molar-refractivity contribution is 5.93. The summed E-state index contributed by atoms with van der Waals surface area (Å²) in [5, 5.41) is 11.6. The second-order valence-electron chi connectivity index (χ2n) is 8.84. The summed E-state index contributed by atoms with van der Waals surface area (Å²) in [6.45, 7) is 8.80. The molecule has 4 amide bonds. The number of nitrogens with one attached hydrogen (secondary N) is 4. The number of anilines is 2. The molecule has 1 aromatic rings. The van der Waals surface area contributed by atoms with E-state index in [-0.39, 0.29) is 24.3 Å². The van der Waals surface area contributed by atoms with Crippen LogP contribution in [0.5, 0.6) is 0 Å². The third kappa shape index (κ3) is 7.70. The highest BCUT2D eigenvalue weighted by Crippen LogP contribution is 2.22. The monoisotopic (exact) mass is 432 g/mol. The number of hydrogen-bond donors (Lipinski definition) is 4. The lowest BCUT2D eigenvalue weighted by atomic mass is 9.96. The lowest BCUT2D eigenvalue weighted by Gasteiger charge is -2.27. The molecule has 4 atom stereocenters. The maximum atomic E-state index is 12.4. The number of carbonyl (C=O) groups excluding carboxylic acids is 2. The molecule has 2 heterocycles. The van der Waals surface area contributed by atoms with Gasteiger partial charge in [0.2, 0.25) is 0 Å². The Labute approximate surface area is 184 Å². The number of hydrogen-bond acceptors (Lipinski definition) is 4. The highest BCUT2D eigenvalue weighted by atomic mass is 16.5. The molecule has 2 aliphatic rings. The van der Waals surface area contributed by atoms with Gasteiger partial charge in [-0.15, -0.1) is 0 Å². The van der Waals surface area contributed by atoms with Crippen LogP contribution in [0, 0.1) is 18.8 Å². The van der Waals surface area contributed by atoms with Crippen molar-refractivity contribution in [3.05, 3.63) is 23.8 Å². The number of rotatable bonds is 6. The van der Waals surface area contributed by atoms with Crippen LogP contribution >= 0.6 is 0 Å². The summed E-state index contributed by atoms with van der Waals surface area (Å²) in [4.78, 5) is 24.7. The van der Waals surface area contributed by atoms with E-state index in [1.807, 2.05) is 19.1 Å². The quantitative estimate of drug-likeness (QED) is 0.548. The molecular formula is C23H36N4O4. The minimum Gasteiger partial charge on any atom is -0.378 e. The van der Waals surface area contributed by atoms with Crippen LogP contribution in [-0.2, 0) is 9.47 Å². The Hall–Kier alpha value is -2.32. The summed E-state index contributed by atoms with van der Waals surface area (Å²) in [6, 6.07) is 5.01. The first-order valence-corrected chi connectivity index (χ1v) is 11.3. The molecule has 1 aromatic carbocycles. The molecule has 2 saturated heterocycles. The topological polar surface area (TPSA) is 101 Å². The molecule has 0 aromatic heterocycles. The van der Waals surface area contributed by atoms with Crippen LogP contribution < -0.4 is 21.3 Å². The van der Waals surface area contributed by atoms with E-state index in [2.05, 4.69) is 35.1 Å². The van der Waals surface area contributed by atoms with E-state index >= 15 is 0 Å². The minimum atomic E-state index is -0.243. The van der Waals surface area contributed by atoms with Crippen LogP contribution in [-0.4, -0.2) is 50.6 Å². The van der Waals surface area contributed by atoms with Gasteiger partial charge in [-0.2, -0.15) is 0 Å². The number of benzene rings is 1. The summed E-state index contributed by atoms with van der Waals surface area (Å²) in [7, 11) is 0. The van der Waals surface area contributed by atoms with E-state index in [0.29, 0.717) is 36.3 Å². The van der Waals surface area contributed by atoms with Crippen LogP contribution in [0.3, 0.4) is 0 Å². The molecule has 2 fully saturated rings. The normalized spacial score (nSPS) is 26.0. The maximum absolute atomic E-state index is 12.4. The molecule has 3 rings (SSSR count). The third-order valence-electron chi connectivity index (χ3n) is 6.03. The summed E-state index contributed by atoms with van der Waals surface area (Å²) < 4.78 is 11.1. The molecule has 8 heteroatoms. The lowest BCUT2D eigenvalue weighted by Crippen LogP contribution is -2.37. The van der Waals surface area contributed by atoms with Crippen molar-refractivity contribution in [2.45, 2.75) is 58.7 Å². The minimum absolute atomic E-state index is 0.238. The second-order valence-corrected chi connectivity index (χ2v) is 8.84. The van der Waals surface area contributed by atoms with Crippen molar-refractivity contribution in [3.8, 4) is 0 Å². The Morgan fingerprint density at radius 1 is 0.903 bits per heavy atom. The van der Waals surface area contributed by atoms with Gasteiger partial charge in [0.25, 0.3) is 0 Å². The van der Waals surface area contributed by atoms with Gasteiger partial charge in [-0.25, -0.2) is 9.59 Å². The fourth-order valence-corrected chi connectivity index (χ4v) is 4.20. The first-order chi connectivity index (χ1) is 14.9. The van der Waals surface area contributed by atoms with Crippen molar-refractivity contribution >= 4 is 23.4 Å². The van der Waals surface area contributed by atoms with Crippen molar-refractivity contribution in [3.63, 3.8) is 0 Å². The average Bonchev–Trinajstić information content (AvgIpc) is 2.73. The van der Waals surface area contributed by atoms with Gasteiger partial charge in [-0.3, -0.25) is 0 Å². The Balaban J connectivity index is 1.45. The molecule has 0 bridgehead atoms. The van der Waals surface area contributed by atoms with Gasteiger partial charge in [0.15, 0.2) is 0 Å². The summed E-state index contributed by atoms with van der Waals surface area (Å²) >= 11 is 0. The van der Waals surface area contributed by atoms with Gasteiger partial charge in [-0.05, 0) is 76.0 Å². The standard InChI is InChI=1S/C23H36N4O4/c1-15-4-5-20(26-22(28)24-13-18-6-8-30-16(2)10-18)12-21(15)27-23(29)25-14-19-7-9-31-17(3)11-19/h4-5,12,16-19H,6-11,13-14H2,1-3H3,(H2,24,26,28)(H2,25,27,29)/t16-,17+,18-,19-/m1/s1. The van der Waals surface area contributed by atoms with Crippen molar-refractivity contribution in [2.24, 2.45) is 11.8 Å². The summed E-state index contributed by atoms with van der Waals surface area (Å²) in [5.74, 6) is 0.873. The van der Waals surface area contributed by atoms with E-state index in [4.69, 9.17) is 9.47 Å². The van der Waals surface area contributed by atoms with Crippen LogP contribution in [0.15, 0.2) is 18.2 Å². The van der Waals surface area contributed by atoms with E-state index < -0.39 is 0 Å². The van der Waals surface area contributed by atoms with E-state index in [1.165, 1.54) is 0 Å². The van der Waals surface area contributed by atoms with Gasteiger partial charge in [0.05, 0.1) is 12.2 Å².